The number of hydrogen-bond donors (Lipinski definition) is 4. The summed E-state index contributed by atoms with van der Waals surface area (Å²) in [6, 6.07) is 10.5. The first kappa shape index (κ1) is 20.8. The van der Waals surface area contributed by atoms with Gasteiger partial charge in [-0.3, -0.25) is 9.59 Å². The first-order chi connectivity index (χ1) is 15.8. The lowest BCUT2D eigenvalue weighted by Gasteiger charge is -2.08. The largest absolute Gasteiger partial charge is 0.369 e. The molecule has 2 aromatic heterocycles. The average molecular weight is 447 g/mol. The fourth-order valence-corrected chi connectivity index (χ4v) is 4.68. The van der Waals surface area contributed by atoms with E-state index in [1.165, 1.54) is 0 Å². The van der Waals surface area contributed by atoms with Crippen LogP contribution in [0.2, 0.25) is 0 Å². The van der Waals surface area contributed by atoms with E-state index in [9.17, 15) is 9.59 Å². The summed E-state index contributed by atoms with van der Waals surface area (Å²) < 4.78 is 3.99. The van der Waals surface area contributed by atoms with E-state index in [-0.39, 0.29) is 0 Å². The maximum absolute atomic E-state index is 11.4. The van der Waals surface area contributed by atoms with Gasteiger partial charge < -0.3 is 32.1 Å². The molecule has 0 radical (unpaired) electrons. The van der Waals surface area contributed by atoms with Crippen molar-refractivity contribution in [1.29, 1.82) is 0 Å². The first-order valence-electron chi connectivity index (χ1n) is 10.9. The van der Waals surface area contributed by atoms with E-state index in [0.717, 1.165) is 43.4 Å². The van der Waals surface area contributed by atoms with Crippen LogP contribution in [0.15, 0.2) is 36.4 Å². The third-order valence-corrected chi connectivity index (χ3v) is 6.64. The quantitative estimate of drug-likeness (QED) is 0.321. The molecule has 2 amide bonds. The Balaban J connectivity index is 1.21. The van der Waals surface area contributed by atoms with Gasteiger partial charge in [0.25, 0.3) is 0 Å². The number of benzene rings is 2. The number of nitrogens with two attached hydrogens (primary N) is 4. The summed E-state index contributed by atoms with van der Waals surface area (Å²) in [5.41, 5.74) is 27.0. The minimum absolute atomic E-state index is 0.423. The second-order valence-corrected chi connectivity index (χ2v) is 8.71. The second kappa shape index (κ2) is 7.80. The minimum Gasteiger partial charge on any atom is -0.369 e. The number of amides is 2. The van der Waals surface area contributed by atoms with Crippen LogP contribution in [-0.2, 0) is 13.1 Å². The number of primary amides is 2. The number of rotatable bonds is 8. The van der Waals surface area contributed by atoms with Gasteiger partial charge in [-0.25, -0.2) is 9.97 Å². The summed E-state index contributed by atoms with van der Waals surface area (Å²) >= 11 is 0. The molecule has 10 heteroatoms. The highest BCUT2D eigenvalue weighted by Gasteiger charge is 2.36. The maximum atomic E-state index is 11.4. The molecule has 10 nitrogen and oxygen atoms in total. The highest BCUT2D eigenvalue weighted by Crippen LogP contribution is 2.45. The van der Waals surface area contributed by atoms with Crippen molar-refractivity contribution < 1.29 is 9.59 Å². The number of nitrogen functional groups attached to an aromatic ring is 2. The van der Waals surface area contributed by atoms with E-state index in [1.54, 1.807) is 24.3 Å². The van der Waals surface area contributed by atoms with Crippen LogP contribution < -0.4 is 22.9 Å². The van der Waals surface area contributed by atoms with Crippen molar-refractivity contribution >= 4 is 45.8 Å². The molecule has 0 saturated heterocycles. The van der Waals surface area contributed by atoms with Gasteiger partial charge in [0.1, 0.15) is 0 Å². The summed E-state index contributed by atoms with van der Waals surface area (Å²) in [5.74, 6) is 1.15. The zero-order valence-corrected chi connectivity index (χ0v) is 18.1. The Bertz CT molecular complexity index is 1300. The highest BCUT2D eigenvalue weighted by molar-refractivity contribution is 5.97. The van der Waals surface area contributed by atoms with Crippen molar-refractivity contribution in [2.24, 2.45) is 23.3 Å². The number of fused-ring (bicyclic) bond motifs is 2. The number of aryl methyl sites for hydroxylation is 2. The molecule has 2 unspecified atom stereocenters. The Morgan fingerprint density at radius 1 is 0.788 bits per heavy atom. The molecule has 1 fully saturated rings. The highest BCUT2D eigenvalue weighted by atomic mass is 16.1. The third kappa shape index (κ3) is 3.84. The van der Waals surface area contributed by atoms with Gasteiger partial charge in [0.15, 0.2) is 0 Å². The predicted octanol–water partition coefficient (Wildman–Crippen LogP) is 1.86. The number of imidazole rings is 2. The summed E-state index contributed by atoms with van der Waals surface area (Å²) in [6.45, 7) is 1.54. The molecule has 1 aliphatic carbocycles. The van der Waals surface area contributed by atoms with Crippen LogP contribution in [0, 0.1) is 11.8 Å². The number of carbonyl (C=O) groups excluding carboxylic acids is 2. The van der Waals surface area contributed by atoms with E-state index >= 15 is 0 Å². The first-order valence-corrected chi connectivity index (χ1v) is 10.9. The molecule has 170 valence electrons. The normalized spacial score (nSPS) is 17.6. The van der Waals surface area contributed by atoms with Crippen LogP contribution >= 0.6 is 0 Å². The van der Waals surface area contributed by atoms with E-state index < -0.39 is 11.8 Å². The summed E-state index contributed by atoms with van der Waals surface area (Å²) in [5, 5.41) is 0. The van der Waals surface area contributed by atoms with Gasteiger partial charge in [-0.2, -0.15) is 0 Å². The van der Waals surface area contributed by atoms with Gasteiger partial charge >= 0.3 is 0 Å². The zero-order valence-electron chi connectivity index (χ0n) is 18.1. The number of carbonyl (C=O) groups is 2. The molecule has 2 heterocycles. The van der Waals surface area contributed by atoms with Gasteiger partial charge in [-0.05, 0) is 67.5 Å². The van der Waals surface area contributed by atoms with Gasteiger partial charge in [0.2, 0.25) is 23.7 Å². The monoisotopic (exact) mass is 446 g/mol. The fourth-order valence-electron chi connectivity index (χ4n) is 4.68. The van der Waals surface area contributed by atoms with Gasteiger partial charge in [0.05, 0.1) is 22.1 Å². The molecule has 1 aliphatic rings. The molecule has 33 heavy (non-hydrogen) atoms. The van der Waals surface area contributed by atoms with Crippen molar-refractivity contribution in [2.45, 2.75) is 32.4 Å². The van der Waals surface area contributed by atoms with Crippen molar-refractivity contribution in [2.75, 3.05) is 11.5 Å². The minimum atomic E-state index is -0.481. The molecule has 5 rings (SSSR count). The maximum Gasteiger partial charge on any atom is 0.248 e. The van der Waals surface area contributed by atoms with Crippen molar-refractivity contribution in [3.05, 3.63) is 47.5 Å². The molecule has 4 aromatic rings. The summed E-state index contributed by atoms with van der Waals surface area (Å²) in [4.78, 5) is 31.6. The smallest absolute Gasteiger partial charge is 0.248 e. The Morgan fingerprint density at radius 3 is 1.61 bits per heavy atom. The van der Waals surface area contributed by atoms with Gasteiger partial charge in [-0.1, -0.05) is 0 Å². The Hall–Kier alpha value is -4.08. The Labute approximate surface area is 189 Å². The van der Waals surface area contributed by atoms with E-state index in [0.29, 0.717) is 45.9 Å². The average Bonchev–Trinajstić information content (AvgIpc) is 3.34. The fraction of sp³-hybridized carbons (Fsp3) is 0.304. The molecule has 0 aliphatic heterocycles. The molecule has 2 aromatic carbocycles. The molecule has 8 N–H and O–H groups in total. The van der Waals surface area contributed by atoms with Gasteiger partial charge in [-0.15, -0.1) is 0 Å². The molecular weight excluding hydrogens is 420 g/mol. The van der Waals surface area contributed by atoms with Crippen LogP contribution in [0.4, 0.5) is 11.9 Å². The SMILES string of the molecule is NC(=O)c1ccc2c(c1)nc(N)n2CCC1CC1CCn1c(N)nc2cc(C(N)=O)ccc21. The van der Waals surface area contributed by atoms with Crippen molar-refractivity contribution in [1.82, 2.24) is 19.1 Å². The van der Waals surface area contributed by atoms with E-state index in [2.05, 4.69) is 9.97 Å². The second-order valence-electron chi connectivity index (χ2n) is 8.71. The third-order valence-electron chi connectivity index (χ3n) is 6.64. The number of hydrogen-bond acceptors (Lipinski definition) is 6. The Kier molecular flexibility index (Phi) is 4.92. The number of aromatic nitrogens is 4. The van der Waals surface area contributed by atoms with Crippen molar-refractivity contribution in [3.8, 4) is 0 Å². The lowest BCUT2D eigenvalue weighted by Crippen LogP contribution is -2.10. The van der Waals surface area contributed by atoms with Crippen molar-refractivity contribution in [3.63, 3.8) is 0 Å². The lowest BCUT2D eigenvalue weighted by molar-refractivity contribution is 0.0992. The van der Waals surface area contributed by atoms with E-state index in [4.69, 9.17) is 22.9 Å². The number of anilines is 2. The van der Waals surface area contributed by atoms with Crippen LogP contribution in [0.25, 0.3) is 22.1 Å². The van der Waals surface area contributed by atoms with Gasteiger partial charge in [0, 0.05) is 24.2 Å². The van der Waals surface area contributed by atoms with Crippen LogP contribution in [0.1, 0.15) is 40.0 Å². The summed E-state index contributed by atoms with van der Waals surface area (Å²) in [7, 11) is 0. The van der Waals surface area contributed by atoms with Crippen LogP contribution in [-0.4, -0.2) is 30.9 Å². The molecule has 0 bridgehead atoms. The van der Waals surface area contributed by atoms with Crippen LogP contribution in [0.3, 0.4) is 0 Å². The predicted molar refractivity (Wildman–Crippen MR) is 126 cm³/mol. The number of nitrogens with zero attached hydrogens (tertiary/aromatic N) is 4. The molecule has 2 atom stereocenters. The Morgan fingerprint density at radius 2 is 1.21 bits per heavy atom. The molecule has 1 saturated carbocycles. The molecule has 0 spiro atoms. The lowest BCUT2D eigenvalue weighted by atomic mass is 10.1. The standard InChI is InChI=1S/C23H26N8O2/c24-20(32)14-1-3-18-16(10-14)28-22(26)30(18)7-5-12-9-13(12)6-8-31-19-4-2-15(21(25)33)11-17(19)29-23(31)27/h1-4,10-13H,5-9H2,(H2,24,32)(H2,25,33)(H2,26,28)(H2,27,29). The van der Waals surface area contributed by atoms with Crippen LogP contribution in [0.5, 0.6) is 0 Å². The topological polar surface area (TPSA) is 174 Å². The molecular formula is C23H26N8O2. The zero-order chi connectivity index (χ0) is 23.3. The summed E-state index contributed by atoms with van der Waals surface area (Å²) in [6.07, 6.45) is 3.16. The van der Waals surface area contributed by atoms with E-state index in [1.807, 2.05) is 21.3 Å².